The Morgan fingerprint density at radius 1 is 1.15 bits per heavy atom. The Kier molecular flexibility index (Phi) is 3.79. The summed E-state index contributed by atoms with van der Waals surface area (Å²) in [5, 5.41) is 13.5. The first-order valence-electron chi connectivity index (χ1n) is 4.71. The highest BCUT2D eigenvalue weighted by atomic mass is 16.6. The topological polar surface area (TPSA) is 72.6 Å². The molecule has 0 aromatic heterocycles. The van der Waals surface area contributed by atoms with Gasteiger partial charge < -0.3 is 0 Å². The van der Waals surface area contributed by atoms with E-state index in [1.54, 1.807) is 0 Å². The van der Waals surface area contributed by atoms with Crippen LogP contribution in [0.15, 0.2) is 5.18 Å². The van der Waals surface area contributed by atoms with Gasteiger partial charge in [0.05, 0.1) is 0 Å². The summed E-state index contributed by atoms with van der Waals surface area (Å²) in [6.07, 6.45) is 4.92. The van der Waals surface area contributed by atoms with Crippen LogP contribution in [-0.2, 0) is 0 Å². The SMILES string of the molecule is O=NC1CCCCCCC1[N+](=O)[O-]. The summed E-state index contributed by atoms with van der Waals surface area (Å²) < 4.78 is 0. The third kappa shape index (κ3) is 2.75. The maximum atomic E-state index is 10.6. The Hall–Kier alpha value is -1.00. The molecule has 0 amide bonds. The highest BCUT2D eigenvalue weighted by Crippen LogP contribution is 2.21. The number of nitrogens with zero attached hydrogens (tertiary/aromatic N) is 2. The molecule has 1 aliphatic carbocycles. The first-order valence-corrected chi connectivity index (χ1v) is 4.71. The average Bonchev–Trinajstić information content (AvgIpc) is 2.03. The standard InChI is InChI=1S/C8H14N2O3/c11-9-7-5-3-1-2-4-6-8(7)10(12)13/h7-8H,1-6H2. The van der Waals surface area contributed by atoms with E-state index >= 15 is 0 Å². The van der Waals surface area contributed by atoms with Crippen LogP contribution in [0, 0.1) is 15.0 Å². The summed E-state index contributed by atoms with van der Waals surface area (Å²) in [6.45, 7) is 0. The molecule has 0 radical (unpaired) electrons. The molecule has 0 spiro atoms. The van der Waals surface area contributed by atoms with E-state index in [0.717, 1.165) is 25.7 Å². The van der Waals surface area contributed by atoms with Crippen molar-refractivity contribution < 1.29 is 4.92 Å². The maximum absolute atomic E-state index is 10.6. The van der Waals surface area contributed by atoms with Crippen LogP contribution in [0.4, 0.5) is 0 Å². The van der Waals surface area contributed by atoms with Gasteiger partial charge in [-0.3, -0.25) is 10.1 Å². The molecular formula is C8H14N2O3. The fraction of sp³-hybridized carbons (Fsp3) is 1.00. The molecule has 1 saturated carbocycles. The zero-order chi connectivity index (χ0) is 9.68. The highest BCUT2D eigenvalue weighted by molar-refractivity contribution is 4.77. The monoisotopic (exact) mass is 186 g/mol. The van der Waals surface area contributed by atoms with E-state index in [2.05, 4.69) is 5.18 Å². The largest absolute Gasteiger partial charge is 0.264 e. The summed E-state index contributed by atoms with van der Waals surface area (Å²) in [4.78, 5) is 20.6. The molecule has 0 bridgehead atoms. The molecule has 2 unspecified atom stereocenters. The molecule has 2 atom stereocenters. The molecule has 0 aromatic carbocycles. The number of nitroso groups, excluding NO2 is 1. The van der Waals surface area contributed by atoms with Crippen molar-refractivity contribution >= 4 is 0 Å². The van der Waals surface area contributed by atoms with Gasteiger partial charge in [-0.2, -0.15) is 4.91 Å². The highest BCUT2D eigenvalue weighted by Gasteiger charge is 2.32. The van der Waals surface area contributed by atoms with E-state index in [0.29, 0.717) is 12.8 Å². The fourth-order valence-corrected chi connectivity index (χ4v) is 1.81. The predicted octanol–water partition coefficient (Wildman–Crippen LogP) is 2.12. The Morgan fingerprint density at radius 2 is 1.77 bits per heavy atom. The molecule has 0 N–H and O–H groups in total. The molecule has 13 heavy (non-hydrogen) atoms. The Balaban J connectivity index is 2.60. The lowest BCUT2D eigenvalue weighted by Gasteiger charge is -2.17. The number of nitro groups is 1. The summed E-state index contributed by atoms with van der Waals surface area (Å²) in [5.41, 5.74) is 0. The van der Waals surface area contributed by atoms with Crippen LogP contribution in [0.25, 0.3) is 0 Å². The van der Waals surface area contributed by atoms with Gasteiger partial charge in [-0.1, -0.05) is 24.4 Å². The van der Waals surface area contributed by atoms with Crippen LogP contribution in [0.3, 0.4) is 0 Å². The van der Waals surface area contributed by atoms with Crippen molar-refractivity contribution in [3.63, 3.8) is 0 Å². The Morgan fingerprint density at radius 3 is 2.31 bits per heavy atom. The van der Waals surface area contributed by atoms with Gasteiger partial charge in [0.25, 0.3) is 0 Å². The van der Waals surface area contributed by atoms with Crippen LogP contribution in [0.1, 0.15) is 38.5 Å². The van der Waals surface area contributed by atoms with Gasteiger partial charge in [-0.25, -0.2) is 0 Å². The van der Waals surface area contributed by atoms with E-state index in [4.69, 9.17) is 0 Å². The zero-order valence-corrected chi connectivity index (χ0v) is 7.52. The van der Waals surface area contributed by atoms with Crippen LogP contribution in [-0.4, -0.2) is 17.0 Å². The number of hydrogen-bond acceptors (Lipinski definition) is 4. The second kappa shape index (κ2) is 4.89. The molecular weight excluding hydrogens is 172 g/mol. The van der Waals surface area contributed by atoms with Crippen LogP contribution < -0.4 is 0 Å². The van der Waals surface area contributed by atoms with Gasteiger partial charge in [0.15, 0.2) is 6.04 Å². The number of rotatable bonds is 2. The quantitative estimate of drug-likeness (QED) is 0.376. The second-order valence-electron chi connectivity index (χ2n) is 3.52. The summed E-state index contributed by atoms with van der Waals surface area (Å²) in [7, 11) is 0. The molecule has 1 fully saturated rings. The molecule has 5 heteroatoms. The van der Waals surface area contributed by atoms with Crippen LogP contribution >= 0.6 is 0 Å². The molecule has 0 heterocycles. The summed E-state index contributed by atoms with van der Waals surface area (Å²) in [6, 6.07) is -1.34. The van der Waals surface area contributed by atoms with Gasteiger partial charge in [0.2, 0.25) is 6.04 Å². The molecule has 5 nitrogen and oxygen atoms in total. The summed E-state index contributed by atoms with van der Waals surface area (Å²) in [5.74, 6) is 0. The zero-order valence-electron chi connectivity index (χ0n) is 7.52. The number of hydrogen-bond donors (Lipinski definition) is 0. The van der Waals surface area contributed by atoms with Crippen molar-refractivity contribution in [1.82, 2.24) is 0 Å². The molecule has 74 valence electrons. The van der Waals surface area contributed by atoms with Gasteiger partial charge in [-0.05, 0) is 12.8 Å². The molecule has 1 rings (SSSR count). The lowest BCUT2D eigenvalue weighted by molar-refractivity contribution is -0.527. The van der Waals surface area contributed by atoms with Gasteiger partial charge in [-0.15, -0.1) is 0 Å². The minimum atomic E-state index is -0.738. The first kappa shape index (κ1) is 10.1. The van der Waals surface area contributed by atoms with Crippen molar-refractivity contribution in [3.8, 4) is 0 Å². The average molecular weight is 186 g/mol. The van der Waals surface area contributed by atoms with E-state index in [-0.39, 0.29) is 4.92 Å². The predicted molar refractivity (Wildman–Crippen MR) is 48.1 cm³/mol. The molecule has 0 saturated heterocycles. The molecule has 0 aromatic rings. The van der Waals surface area contributed by atoms with E-state index < -0.39 is 12.1 Å². The summed E-state index contributed by atoms with van der Waals surface area (Å²) >= 11 is 0. The Labute approximate surface area is 76.6 Å². The van der Waals surface area contributed by atoms with Gasteiger partial charge in [0, 0.05) is 11.3 Å². The smallest absolute Gasteiger partial charge is 0.238 e. The minimum Gasteiger partial charge on any atom is -0.264 e. The molecule has 0 aliphatic heterocycles. The first-order chi connectivity index (χ1) is 6.25. The van der Waals surface area contributed by atoms with E-state index in [1.165, 1.54) is 0 Å². The fourth-order valence-electron chi connectivity index (χ4n) is 1.81. The van der Waals surface area contributed by atoms with Crippen LogP contribution in [0.5, 0.6) is 0 Å². The second-order valence-corrected chi connectivity index (χ2v) is 3.52. The lowest BCUT2D eigenvalue weighted by atomic mass is 9.93. The third-order valence-electron chi connectivity index (χ3n) is 2.60. The van der Waals surface area contributed by atoms with Crippen molar-refractivity contribution in [3.05, 3.63) is 15.0 Å². The molecule has 1 aliphatic rings. The minimum absolute atomic E-state index is 0.350. The van der Waals surface area contributed by atoms with E-state index in [1.807, 2.05) is 0 Å². The van der Waals surface area contributed by atoms with E-state index in [9.17, 15) is 15.0 Å². The van der Waals surface area contributed by atoms with Gasteiger partial charge in [0.1, 0.15) is 0 Å². The third-order valence-corrected chi connectivity index (χ3v) is 2.60. The van der Waals surface area contributed by atoms with Crippen LogP contribution in [0.2, 0.25) is 0 Å². The Bertz CT molecular complexity index is 196. The van der Waals surface area contributed by atoms with Crippen molar-refractivity contribution in [2.45, 2.75) is 50.6 Å². The van der Waals surface area contributed by atoms with Crippen molar-refractivity contribution in [1.29, 1.82) is 0 Å². The van der Waals surface area contributed by atoms with Crippen molar-refractivity contribution in [2.24, 2.45) is 5.18 Å². The maximum Gasteiger partial charge on any atom is 0.238 e. The normalized spacial score (nSPS) is 30.2. The lowest BCUT2D eigenvalue weighted by Crippen LogP contribution is -2.33. The van der Waals surface area contributed by atoms with Crippen molar-refractivity contribution in [2.75, 3.05) is 0 Å². The van der Waals surface area contributed by atoms with Gasteiger partial charge >= 0.3 is 0 Å².